The molecule has 17 heavy (non-hydrogen) atoms. The largest absolute Gasteiger partial charge is 0.389 e. The van der Waals surface area contributed by atoms with Gasteiger partial charge in [0, 0.05) is 13.0 Å². The Morgan fingerprint density at radius 2 is 2.06 bits per heavy atom. The molecule has 0 saturated heterocycles. The van der Waals surface area contributed by atoms with Gasteiger partial charge in [-0.05, 0) is 18.9 Å². The van der Waals surface area contributed by atoms with E-state index in [1.807, 2.05) is 0 Å². The zero-order valence-corrected chi connectivity index (χ0v) is 9.61. The Kier molecular flexibility index (Phi) is 4.52. The van der Waals surface area contributed by atoms with E-state index in [0.29, 0.717) is 0 Å². The Hall–Kier alpha value is -1.09. The number of alkyl halides is 3. The standard InChI is InChI=1S/C8H12F3N3O2S/c9-8(10,11)4-1-2-5-13-17(15,16)7-3-6-12-14-7/h3,6,13H,1-2,4-5H2,(H,12,14). The van der Waals surface area contributed by atoms with Gasteiger partial charge in [-0.3, -0.25) is 5.10 Å². The first-order valence-corrected chi connectivity index (χ1v) is 6.35. The first kappa shape index (κ1) is 14.0. The fourth-order valence-electron chi connectivity index (χ4n) is 1.13. The first-order valence-electron chi connectivity index (χ1n) is 4.87. The van der Waals surface area contributed by atoms with Crippen molar-refractivity contribution in [1.29, 1.82) is 0 Å². The van der Waals surface area contributed by atoms with Crippen LogP contribution in [-0.4, -0.2) is 31.3 Å². The maximum Gasteiger partial charge on any atom is 0.389 e. The number of H-pyrrole nitrogens is 1. The highest BCUT2D eigenvalue weighted by Crippen LogP contribution is 2.21. The second kappa shape index (κ2) is 5.50. The van der Waals surface area contributed by atoms with E-state index in [0.717, 1.165) is 0 Å². The monoisotopic (exact) mass is 271 g/mol. The van der Waals surface area contributed by atoms with Gasteiger partial charge in [-0.25, -0.2) is 13.1 Å². The van der Waals surface area contributed by atoms with Crippen LogP contribution in [0.1, 0.15) is 19.3 Å². The van der Waals surface area contributed by atoms with Gasteiger partial charge in [0.1, 0.15) is 0 Å². The summed E-state index contributed by atoms with van der Waals surface area (Å²) in [6.45, 7) is -0.0303. The Morgan fingerprint density at radius 3 is 2.59 bits per heavy atom. The second-order valence-corrected chi connectivity index (χ2v) is 5.13. The number of sulfonamides is 1. The Morgan fingerprint density at radius 1 is 1.35 bits per heavy atom. The van der Waals surface area contributed by atoms with Crippen LogP contribution in [0.3, 0.4) is 0 Å². The van der Waals surface area contributed by atoms with E-state index < -0.39 is 22.6 Å². The van der Waals surface area contributed by atoms with E-state index >= 15 is 0 Å². The summed E-state index contributed by atoms with van der Waals surface area (Å²) in [6.07, 6.45) is -3.79. The number of rotatable bonds is 6. The van der Waals surface area contributed by atoms with Crippen LogP contribution in [0, 0.1) is 0 Å². The van der Waals surface area contributed by atoms with Crippen molar-refractivity contribution in [2.24, 2.45) is 0 Å². The highest BCUT2D eigenvalue weighted by atomic mass is 32.2. The van der Waals surface area contributed by atoms with Gasteiger partial charge in [-0.15, -0.1) is 0 Å². The molecule has 0 fully saturated rings. The molecule has 0 unspecified atom stereocenters. The molecule has 0 aliphatic carbocycles. The molecule has 1 rings (SSSR count). The van der Waals surface area contributed by atoms with Crippen LogP contribution in [0.2, 0.25) is 0 Å². The molecule has 2 N–H and O–H groups in total. The van der Waals surface area contributed by atoms with Crippen LogP contribution in [0.15, 0.2) is 17.3 Å². The number of hydrogen-bond acceptors (Lipinski definition) is 3. The van der Waals surface area contributed by atoms with Gasteiger partial charge in [0.15, 0.2) is 5.03 Å². The lowest BCUT2D eigenvalue weighted by Gasteiger charge is -2.06. The predicted octanol–water partition coefficient (Wildman–Crippen LogP) is 1.42. The molecule has 9 heteroatoms. The molecule has 1 aromatic rings. The summed E-state index contributed by atoms with van der Waals surface area (Å²) in [6, 6.07) is 1.26. The maximum atomic E-state index is 11.8. The van der Waals surface area contributed by atoms with Crippen molar-refractivity contribution in [2.75, 3.05) is 6.54 Å². The molecule has 1 heterocycles. The summed E-state index contributed by atoms with van der Waals surface area (Å²) < 4.78 is 60.4. The highest BCUT2D eigenvalue weighted by molar-refractivity contribution is 7.89. The molecular formula is C8H12F3N3O2S. The minimum absolute atomic E-state index is 0.0303. The quantitative estimate of drug-likeness (QED) is 0.768. The van der Waals surface area contributed by atoms with Crippen molar-refractivity contribution in [3.63, 3.8) is 0 Å². The van der Waals surface area contributed by atoms with Crippen LogP contribution >= 0.6 is 0 Å². The van der Waals surface area contributed by atoms with E-state index in [9.17, 15) is 21.6 Å². The van der Waals surface area contributed by atoms with Crippen molar-refractivity contribution < 1.29 is 21.6 Å². The van der Waals surface area contributed by atoms with Crippen LogP contribution in [0.25, 0.3) is 0 Å². The third-order valence-electron chi connectivity index (χ3n) is 1.94. The third-order valence-corrected chi connectivity index (χ3v) is 3.33. The molecule has 0 atom stereocenters. The number of aromatic nitrogens is 2. The lowest BCUT2D eigenvalue weighted by Crippen LogP contribution is -2.25. The maximum absolute atomic E-state index is 11.8. The molecule has 98 valence electrons. The average molecular weight is 271 g/mol. The highest BCUT2D eigenvalue weighted by Gasteiger charge is 2.26. The van der Waals surface area contributed by atoms with E-state index in [1.54, 1.807) is 0 Å². The second-order valence-electron chi connectivity index (χ2n) is 3.39. The lowest BCUT2D eigenvalue weighted by molar-refractivity contribution is -0.135. The Balaban J connectivity index is 2.28. The SMILES string of the molecule is O=S(=O)(NCCCCC(F)(F)F)c1ccn[nH]1. The topological polar surface area (TPSA) is 74.8 Å². The lowest BCUT2D eigenvalue weighted by atomic mass is 10.2. The summed E-state index contributed by atoms with van der Waals surface area (Å²) in [5.41, 5.74) is 0. The van der Waals surface area contributed by atoms with Gasteiger partial charge in [0.05, 0.1) is 6.20 Å². The van der Waals surface area contributed by atoms with Crippen LogP contribution in [-0.2, 0) is 10.0 Å². The summed E-state index contributed by atoms with van der Waals surface area (Å²) in [5.74, 6) is 0. The van der Waals surface area contributed by atoms with Crippen molar-refractivity contribution >= 4 is 10.0 Å². The van der Waals surface area contributed by atoms with E-state index in [1.165, 1.54) is 12.3 Å². The van der Waals surface area contributed by atoms with Crippen molar-refractivity contribution in [3.8, 4) is 0 Å². The molecule has 5 nitrogen and oxygen atoms in total. The first-order chi connectivity index (χ1) is 7.81. The molecular weight excluding hydrogens is 259 g/mol. The molecule has 0 saturated carbocycles. The number of aromatic amines is 1. The van der Waals surface area contributed by atoms with Gasteiger partial charge >= 0.3 is 6.18 Å². The molecule has 0 aliphatic rings. The van der Waals surface area contributed by atoms with Gasteiger partial charge in [0.2, 0.25) is 0 Å². The predicted molar refractivity (Wildman–Crippen MR) is 53.7 cm³/mol. The normalized spacial score (nSPS) is 12.9. The van der Waals surface area contributed by atoms with E-state index in [-0.39, 0.29) is 24.4 Å². The number of nitrogens with one attached hydrogen (secondary N) is 2. The van der Waals surface area contributed by atoms with Crippen LogP contribution in [0.5, 0.6) is 0 Å². The molecule has 0 bridgehead atoms. The number of unbranched alkanes of at least 4 members (excludes halogenated alkanes) is 1. The minimum Gasteiger partial charge on any atom is -0.266 e. The number of nitrogens with zero attached hydrogens (tertiary/aromatic N) is 1. The average Bonchev–Trinajstić information content (AvgIpc) is 2.68. The van der Waals surface area contributed by atoms with Gasteiger partial charge < -0.3 is 0 Å². The molecule has 1 aromatic heterocycles. The fourth-order valence-corrected chi connectivity index (χ4v) is 2.11. The minimum atomic E-state index is -4.19. The van der Waals surface area contributed by atoms with Crippen molar-refractivity contribution in [2.45, 2.75) is 30.5 Å². The molecule has 0 spiro atoms. The zero-order valence-electron chi connectivity index (χ0n) is 8.79. The van der Waals surface area contributed by atoms with Crippen LogP contribution in [0.4, 0.5) is 13.2 Å². The molecule has 0 aliphatic heterocycles. The summed E-state index contributed by atoms with van der Waals surface area (Å²) >= 11 is 0. The van der Waals surface area contributed by atoms with E-state index in [4.69, 9.17) is 0 Å². The molecule has 0 amide bonds. The van der Waals surface area contributed by atoms with Crippen molar-refractivity contribution in [1.82, 2.24) is 14.9 Å². The van der Waals surface area contributed by atoms with Gasteiger partial charge in [-0.2, -0.15) is 18.3 Å². The summed E-state index contributed by atoms with van der Waals surface area (Å²) in [7, 11) is -3.68. The smallest absolute Gasteiger partial charge is 0.266 e. The third kappa shape index (κ3) is 5.18. The van der Waals surface area contributed by atoms with E-state index in [2.05, 4.69) is 14.9 Å². The number of hydrogen-bond donors (Lipinski definition) is 2. The summed E-state index contributed by atoms with van der Waals surface area (Å²) in [5, 5.41) is 5.63. The Bertz CT molecular complexity index is 427. The fraction of sp³-hybridized carbons (Fsp3) is 0.625. The summed E-state index contributed by atoms with van der Waals surface area (Å²) in [4.78, 5) is 0. The Labute approximate surface area is 96.5 Å². The van der Waals surface area contributed by atoms with Gasteiger partial charge in [0.25, 0.3) is 10.0 Å². The molecule has 0 radical (unpaired) electrons. The molecule has 0 aromatic carbocycles. The number of halogens is 3. The van der Waals surface area contributed by atoms with Gasteiger partial charge in [-0.1, -0.05) is 0 Å². The van der Waals surface area contributed by atoms with Crippen molar-refractivity contribution in [3.05, 3.63) is 12.3 Å². The zero-order chi connectivity index (χ0) is 12.9. The van der Waals surface area contributed by atoms with Crippen LogP contribution < -0.4 is 4.72 Å².